The molecule has 2 heterocycles. The van der Waals surface area contributed by atoms with E-state index in [4.69, 9.17) is 15.6 Å². The minimum Gasteiger partial charge on any atom is -0.478 e. The van der Waals surface area contributed by atoms with E-state index in [0.29, 0.717) is 17.4 Å². The number of nitrogen functional groups attached to an aromatic ring is 1. The van der Waals surface area contributed by atoms with Crippen LogP contribution in [0.5, 0.6) is 5.75 Å². The maximum Gasteiger partial charge on any atom is 0.339 e. The normalized spacial score (nSPS) is 23.8. The van der Waals surface area contributed by atoms with Gasteiger partial charge in [0.05, 0.1) is 12.1 Å². The molecule has 2 fully saturated rings. The van der Waals surface area contributed by atoms with E-state index in [1.54, 1.807) is 0 Å². The number of hydrogen-bond donors (Lipinski definition) is 4. The number of esters is 1. The third-order valence-electron chi connectivity index (χ3n) is 4.52. The fraction of sp³-hybridized carbons (Fsp3) is 0.471. The van der Waals surface area contributed by atoms with Crippen LogP contribution in [0.3, 0.4) is 0 Å². The number of carbonyl (C=O) groups is 3. The van der Waals surface area contributed by atoms with Gasteiger partial charge >= 0.3 is 18.0 Å². The maximum absolute atomic E-state index is 12.0. The molecule has 0 aliphatic carbocycles. The Morgan fingerprint density at radius 2 is 2.12 bits per heavy atom. The van der Waals surface area contributed by atoms with E-state index >= 15 is 0 Å². The molecule has 1 aromatic rings. The lowest BCUT2D eigenvalue weighted by Gasteiger charge is -2.16. The molecule has 0 bridgehead atoms. The zero-order valence-corrected chi connectivity index (χ0v) is 14.9. The van der Waals surface area contributed by atoms with Gasteiger partial charge in [0.1, 0.15) is 11.3 Å². The molecular formula is C17H21N3O5S. The van der Waals surface area contributed by atoms with Gasteiger partial charge < -0.3 is 26.2 Å². The number of urea groups is 1. The average Bonchev–Trinajstić information content (AvgIpc) is 3.11. The number of hydrogen-bond acceptors (Lipinski definition) is 6. The fourth-order valence-corrected chi connectivity index (χ4v) is 4.78. The van der Waals surface area contributed by atoms with Crippen LogP contribution < -0.4 is 21.1 Å². The number of aromatic carboxylic acids is 1. The van der Waals surface area contributed by atoms with Crippen LogP contribution in [0.1, 0.15) is 36.0 Å². The van der Waals surface area contributed by atoms with Crippen LogP contribution in [-0.4, -0.2) is 46.2 Å². The first kappa shape index (κ1) is 18.4. The number of rotatable bonds is 7. The van der Waals surface area contributed by atoms with Crippen molar-refractivity contribution < 1.29 is 24.2 Å². The number of nitrogens with one attached hydrogen (secondary N) is 2. The summed E-state index contributed by atoms with van der Waals surface area (Å²) in [5.74, 6) is -0.779. The monoisotopic (exact) mass is 379 g/mol. The lowest BCUT2D eigenvalue weighted by Crippen LogP contribution is -2.36. The number of carbonyl (C=O) groups excluding carboxylic acids is 2. The number of fused-ring (bicyclic) bond motifs is 1. The zero-order valence-electron chi connectivity index (χ0n) is 14.1. The SMILES string of the molecule is Nc1ccc(C(=O)O)c(OC(=O)CCCC[C@H]2SC[C@H]3NC(=O)N[C@H]32)c1. The molecule has 2 saturated heterocycles. The van der Waals surface area contributed by atoms with Gasteiger partial charge in [-0.25, -0.2) is 9.59 Å². The highest BCUT2D eigenvalue weighted by Crippen LogP contribution is 2.33. The summed E-state index contributed by atoms with van der Waals surface area (Å²) < 4.78 is 5.17. The molecule has 3 atom stereocenters. The molecule has 0 unspecified atom stereocenters. The van der Waals surface area contributed by atoms with Gasteiger partial charge in [-0.3, -0.25) is 4.79 Å². The van der Waals surface area contributed by atoms with Gasteiger partial charge in [-0.15, -0.1) is 0 Å². The van der Waals surface area contributed by atoms with Crippen LogP contribution in [0, 0.1) is 0 Å². The van der Waals surface area contributed by atoms with Gasteiger partial charge in [0, 0.05) is 29.2 Å². The van der Waals surface area contributed by atoms with Gasteiger partial charge in [0.2, 0.25) is 0 Å². The van der Waals surface area contributed by atoms with Crippen molar-refractivity contribution in [1.82, 2.24) is 10.6 Å². The largest absolute Gasteiger partial charge is 0.478 e. The number of carboxylic acids is 1. The Morgan fingerprint density at radius 1 is 1.31 bits per heavy atom. The van der Waals surface area contributed by atoms with Crippen molar-refractivity contribution in [2.24, 2.45) is 0 Å². The molecule has 26 heavy (non-hydrogen) atoms. The van der Waals surface area contributed by atoms with E-state index in [1.165, 1.54) is 18.2 Å². The molecule has 2 aliphatic heterocycles. The van der Waals surface area contributed by atoms with Crippen molar-refractivity contribution in [3.8, 4) is 5.75 Å². The summed E-state index contributed by atoms with van der Waals surface area (Å²) in [5, 5.41) is 15.3. The number of amides is 2. The number of anilines is 1. The predicted octanol–water partition coefficient (Wildman–Crippen LogP) is 1.60. The van der Waals surface area contributed by atoms with Crippen molar-refractivity contribution in [3.05, 3.63) is 23.8 Å². The quantitative estimate of drug-likeness (QED) is 0.186. The first-order chi connectivity index (χ1) is 12.4. The minimum atomic E-state index is -1.17. The van der Waals surface area contributed by atoms with Gasteiger partial charge in [-0.2, -0.15) is 11.8 Å². The minimum absolute atomic E-state index is 0.0311. The Morgan fingerprint density at radius 3 is 2.88 bits per heavy atom. The van der Waals surface area contributed by atoms with E-state index < -0.39 is 11.9 Å². The van der Waals surface area contributed by atoms with Crippen LogP contribution in [0.25, 0.3) is 0 Å². The van der Waals surface area contributed by atoms with Gasteiger partial charge in [-0.1, -0.05) is 6.42 Å². The van der Waals surface area contributed by atoms with Crippen molar-refractivity contribution in [2.75, 3.05) is 11.5 Å². The lowest BCUT2D eigenvalue weighted by molar-refractivity contribution is -0.134. The summed E-state index contributed by atoms with van der Waals surface area (Å²) in [6.07, 6.45) is 2.57. The summed E-state index contributed by atoms with van der Waals surface area (Å²) in [5.41, 5.74) is 5.86. The maximum atomic E-state index is 12.0. The standard InChI is InChI=1S/C17H21N3O5S/c18-9-5-6-10(16(22)23)12(7-9)25-14(21)4-2-1-3-13-15-11(8-26-13)19-17(24)20-15/h5-7,11,13,15H,1-4,8,18H2,(H,22,23)(H2,19,20,24)/t11-,13-,15-/m1/s1. The number of carboxylic acid groups (broad SMARTS) is 1. The molecule has 140 valence electrons. The summed E-state index contributed by atoms with van der Waals surface area (Å²) in [6.45, 7) is 0. The molecule has 5 N–H and O–H groups in total. The summed E-state index contributed by atoms with van der Waals surface area (Å²) in [6, 6.07) is 4.35. The van der Waals surface area contributed by atoms with Crippen molar-refractivity contribution in [3.63, 3.8) is 0 Å². The number of ether oxygens (including phenoxy) is 1. The van der Waals surface area contributed by atoms with E-state index in [1.807, 2.05) is 11.8 Å². The molecule has 0 aromatic heterocycles. The molecule has 1 aromatic carbocycles. The molecule has 9 heteroatoms. The van der Waals surface area contributed by atoms with E-state index in [9.17, 15) is 14.4 Å². The van der Waals surface area contributed by atoms with E-state index in [2.05, 4.69) is 10.6 Å². The van der Waals surface area contributed by atoms with Gasteiger partial charge in [-0.05, 0) is 25.0 Å². The molecule has 2 amide bonds. The van der Waals surface area contributed by atoms with Gasteiger partial charge in [0.15, 0.2) is 0 Å². The molecular weight excluding hydrogens is 358 g/mol. The average molecular weight is 379 g/mol. The number of unbranched alkanes of at least 4 members (excludes halogenated alkanes) is 1. The summed E-state index contributed by atoms with van der Waals surface area (Å²) in [7, 11) is 0. The number of thioether (sulfide) groups is 1. The second kappa shape index (κ2) is 7.86. The first-order valence-electron chi connectivity index (χ1n) is 8.46. The third kappa shape index (κ3) is 4.21. The molecule has 0 spiro atoms. The van der Waals surface area contributed by atoms with Crippen molar-refractivity contribution in [1.29, 1.82) is 0 Å². The highest BCUT2D eigenvalue weighted by molar-refractivity contribution is 8.00. The summed E-state index contributed by atoms with van der Waals surface area (Å²) >= 11 is 1.83. The Bertz CT molecular complexity index is 726. The zero-order chi connectivity index (χ0) is 18.7. The van der Waals surface area contributed by atoms with E-state index in [-0.39, 0.29) is 35.8 Å². The Hall–Kier alpha value is -2.42. The Balaban J connectivity index is 1.43. The molecule has 0 radical (unpaired) electrons. The second-order valence-electron chi connectivity index (χ2n) is 6.40. The van der Waals surface area contributed by atoms with Crippen LogP contribution in [0.2, 0.25) is 0 Å². The molecule has 2 aliphatic rings. The predicted molar refractivity (Wildman–Crippen MR) is 97.4 cm³/mol. The first-order valence-corrected chi connectivity index (χ1v) is 9.51. The van der Waals surface area contributed by atoms with Crippen LogP contribution >= 0.6 is 11.8 Å². The number of nitrogens with two attached hydrogens (primary N) is 1. The van der Waals surface area contributed by atoms with E-state index in [0.717, 1.165) is 18.6 Å². The summed E-state index contributed by atoms with van der Waals surface area (Å²) in [4.78, 5) is 34.5. The van der Waals surface area contributed by atoms with Crippen molar-refractivity contribution >= 4 is 35.4 Å². The Kier molecular flexibility index (Phi) is 5.55. The molecule has 8 nitrogen and oxygen atoms in total. The highest BCUT2D eigenvalue weighted by atomic mass is 32.2. The highest BCUT2D eigenvalue weighted by Gasteiger charge is 2.42. The topological polar surface area (TPSA) is 131 Å². The van der Waals surface area contributed by atoms with Crippen LogP contribution in [0.4, 0.5) is 10.5 Å². The Labute approximate surface area is 154 Å². The van der Waals surface area contributed by atoms with Gasteiger partial charge in [0.25, 0.3) is 0 Å². The van der Waals surface area contributed by atoms with Crippen LogP contribution in [-0.2, 0) is 4.79 Å². The third-order valence-corrected chi connectivity index (χ3v) is 6.03. The number of benzene rings is 1. The van der Waals surface area contributed by atoms with Crippen molar-refractivity contribution in [2.45, 2.75) is 43.0 Å². The molecule has 0 saturated carbocycles. The lowest BCUT2D eigenvalue weighted by atomic mass is 10.0. The van der Waals surface area contributed by atoms with Crippen LogP contribution in [0.15, 0.2) is 18.2 Å². The smallest absolute Gasteiger partial charge is 0.339 e. The molecule has 3 rings (SSSR count). The second-order valence-corrected chi connectivity index (χ2v) is 7.67. The fourth-order valence-electron chi connectivity index (χ4n) is 3.23.